The molecule has 0 spiro atoms. The van der Waals surface area contributed by atoms with Gasteiger partial charge in [0.15, 0.2) is 0 Å². The third kappa shape index (κ3) is 3.11. The highest BCUT2D eigenvalue weighted by Crippen LogP contribution is 2.17. The molecule has 0 bridgehead atoms. The van der Waals surface area contributed by atoms with E-state index in [0.717, 1.165) is 0 Å². The minimum Gasteiger partial charge on any atom is -0.322 e. The molecule has 0 radical (unpaired) electrons. The Balaban J connectivity index is 2.29. The number of aromatic nitrogens is 2. The molecular formula is C13H16N4O3S. The van der Waals surface area contributed by atoms with Gasteiger partial charge in [0.25, 0.3) is 5.91 Å². The van der Waals surface area contributed by atoms with Crippen molar-refractivity contribution in [2.24, 2.45) is 0 Å². The number of nitrogens with one attached hydrogen (secondary N) is 3. The van der Waals surface area contributed by atoms with Crippen molar-refractivity contribution in [1.82, 2.24) is 14.9 Å². The fourth-order valence-corrected chi connectivity index (χ4v) is 2.71. The summed E-state index contributed by atoms with van der Waals surface area (Å²) in [6.07, 6.45) is 0. The standard InChI is InChI=1S/C13H16N4O3S/c1-8-12(9(2)17-16-8)13(18)15-10-5-4-6-11(7-10)21(19,20)14-3/h4-7,14H,1-3H3,(H,15,18)(H,16,17). The lowest BCUT2D eigenvalue weighted by atomic mass is 10.2. The Hall–Kier alpha value is -2.19. The summed E-state index contributed by atoms with van der Waals surface area (Å²) < 4.78 is 25.7. The Labute approximate surface area is 122 Å². The number of aromatic amines is 1. The normalized spacial score (nSPS) is 11.4. The minimum absolute atomic E-state index is 0.0865. The molecule has 7 nitrogen and oxygen atoms in total. The first-order valence-electron chi connectivity index (χ1n) is 6.21. The summed E-state index contributed by atoms with van der Waals surface area (Å²) in [5.41, 5.74) is 2.10. The quantitative estimate of drug-likeness (QED) is 0.789. The molecule has 2 rings (SSSR count). The van der Waals surface area contributed by atoms with E-state index < -0.39 is 10.0 Å². The smallest absolute Gasteiger partial charge is 0.259 e. The van der Waals surface area contributed by atoms with Crippen molar-refractivity contribution in [1.29, 1.82) is 0 Å². The maximum Gasteiger partial charge on any atom is 0.259 e. The van der Waals surface area contributed by atoms with E-state index in [2.05, 4.69) is 20.2 Å². The molecule has 1 heterocycles. The van der Waals surface area contributed by atoms with Gasteiger partial charge in [0.1, 0.15) is 0 Å². The van der Waals surface area contributed by atoms with Crippen LogP contribution in [0.25, 0.3) is 0 Å². The first kappa shape index (κ1) is 15.2. The van der Waals surface area contributed by atoms with Gasteiger partial charge >= 0.3 is 0 Å². The number of sulfonamides is 1. The van der Waals surface area contributed by atoms with Crippen LogP contribution in [0.4, 0.5) is 5.69 Å². The lowest BCUT2D eigenvalue weighted by Gasteiger charge is -2.08. The van der Waals surface area contributed by atoms with Crippen molar-refractivity contribution in [3.8, 4) is 0 Å². The van der Waals surface area contributed by atoms with Crippen molar-refractivity contribution in [2.75, 3.05) is 12.4 Å². The molecule has 2 aromatic rings. The minimum atomic E-state index is -3.55. The van der Waals surface area contributed by atoms with Crippen molar-refractivity contribution in [3.05, 3.63) is 41.2 Å². The van der Waals surface area contributed by atoms with Gasteiger partial charge < -0.3 is 5.32 Å². The van der Waals surface area contributed by atoms with Crippen LogP contribution in [0.5, 0.6) is 0 Å². The molecule has 3 N–H and O–H groups in total. The molecule has 1 aromatic heterocycles. The predicted molar refractivity (Wildman–Crippen MR) is 78.7 cm³/mol. The highest BCUT2D eigenvalue weighted by molar-refractivity contribution is 7.89. The Kier molecular flexibility index (Phi) is 4.10. The fourth-order valence-electron chi connectivity index (χ4n) is 1.94. The molecule has 0 saturated heterocycles. The molecule has 1 aromatic carbocycles. The summed E-state index contributed by atoms with van der Waals surface area (Å²) in [5.74, 6) is -0.335. The number of benzene rings is 1. The predicted octanol–water partition coefficient (Wildman–Crippen LogP) is 1.19. The maximum atomic E-state index is 12.2. The van der Waals surface area contributed by atoms with E-state index in [1.165, 1.54) is 19.2 Å². The topological polar surface area (TPSA) is 104 Å². The van der Waals surface area contributed by atoms with Gasteiger partial charge in [-0.3, -0.25) is 9.89 Å². The van der Waals surface area contributed by atoms with Gasteiger partial charge in [0.05, 0.1) is 16.2 Å². The molecule has 1 amide bonds. The van der Waals surface area contributed by atoms with Gasteiger partial charge in [-0.2, -0.15) is 5.10 Å². The van der Waals surface area contributed by atoms with Gasteiger partial charge in [-0.05, 0) is 39.1 Å². The van der Waals surface area contributed by atoms with Gasteiger partial charge in [-0.1, -0.05) is 6.07 Å². The zero-order valence-electron chi connectivity index (χ0n) is 11.9. The number of amides is 1. The van der Waals surface area contributed by atoms with E-state index in [1.807, 2.05) is 0 Å². The molecule has 0 fully saturated rings. The van der Waals surface area contributed by atoms with Crippen LogP contribution in [0.3, 0.4) is 0 Å². The Morgan fingerprint density at radius 3 is 2.57 bits per heavy atom. The monoisotopic (exact) mass is 308 g/mol. The first-order chi connectivity index (χ1) is 9.85. The number of hydrogen-bond donors (Lipinski definition) is 3. The van der Waals surface area contributed by atoms with Crippen LogP contribution in [-0.2, 0) is 10.0 Å². The summed E-state index contributed by atoms with van der Waals surface area (Å²) in [6, 6.07) is 6.04. The number of hydrogen-bond acceptors (Lipinski definition) is 4. The Morgan fingerprint density at radius 2 is 2.00 bits per heavy atom. The number of anilines is 1. The molecule has 0 aliphatic carbocycles. The van der Waals surface area contributed by atoms with E-state index in [0.29, 0.717) is 22.6 Å². The van der Waals surface area contributed by atoms with Gasteiger partial charge in [0, 0.05) is 11.4 Å². The largest absolute Gasteiger partial charge is 0.322 e. The zero-order chi connectivity index (χ0) is 15.6. The molecule has 0 unspecified atom stereocenters. The molecule has 0 atom stereocenters. The first-order valence-corrected chi connectivity index (χ1v) is 7.70. The van der Waals surface area contributed by atoms with Gasteiger partial charge in [-0.15, -0.1) is 0 Å². The Bertz CT molecular complexity index is 761. The summed E-state index contributed by atoms with van der Waals surface area (Å²) in [7, 11) is -2.21. The van der Waals surface area contributed by atoms with Crippen LogP contribution < -0.4 is 10.0 Å². The maximum absolute atomic E-state index is 12.2. The van der Waals surface area contributed by atoms with Crippen LogP contribution in [0, 0.1) is 13.8 Å². The fraction of sp³-hybridized carbons (Fsp3) is 0.231. The zero-order valence-corrected chi connectivity index (χ0v) is 12.7. The van der Waals surface area contributed by atoms with E-state index in [9.17, 15) is 13.2 Å². The van der Waals surface area contributed by atoms with E-state index >= 15 is 0 Å². The number of H-pyrrole nitrogens is 1. The number of nitrogens with zero attached hydrogens (tertiary/aromatic N) is 1. The van der Waals surface area contributed by atoms with Crippen LogP contribution >= 0.6 is 0 Å². The highest BCUT2D eigenvalue weighted by Gasteiger charge is 2.17. The third-order valence-corrected chi connectivity index (χ3v) is 4.44. The molecule has 112 valence electrons. The second-order valence-electron chi connectivity index (χ2n) is 4.50. The molecule has 0 aliphatic heterocycles. The van der Waals surface area contributed by atoms with E-state index in [1.54, 1.807) is 26.0 Å². The van der Waals surface area contributed by atoms with Crippen molar-refractivity contribution in [2.45, 2.75) is 18.7 Å². The molecule has 0 saturated carbocycles. The van der Waals surface area contributed by atoms with Crippen molar-refractivity contribution >= 4 is 21.6 Å². The van der Waals surface area contributed by atoms with Crippen LogP contribution in [0.15, 0.2) is 29.2 Å². The summed E-state index contributed by atoms with van der Waals surface area (Å²) in [4.78, 5) is 12.3. The lowest BCUT2D eigenvalue weighted by molar-refractivity contribution is 0.102. The number of carbonyl (C=O) groups is 1. The second kappa shape index (κ2) is 5.66. The van der Waals surface area contributed by atoms with Crippen LogP contribution in [-0.4, -0.2) is 31.6 Å². The van der Waals surface area contributed by atoms with Gasteiger partial charge in [-0.25, -0.2) is 13.1 Å². The highest BCUT2D eigenvalue weighted by atomic mass is 32.2. The summed E-state index contributed by atoms with van der Waals surface area (Å²) >= 11 is 0. The van der Waals surface area contributed by atoms with E-state index in [-0.39, 0.29) is 10.8 Å². The average Bonchev–Trinajstić information content (AvgIpc) is 2.78. The lowest BCUT2D eigenvalue weighted by Crippen LogP contribution is -2.19. The summed E-state index contributed by atoms with van der Waals surface area (Å²) in [5, 5.41) is 9.36. The van der Waals surface area contributed by atoms with E-state index in [4.69, 9.17) is 0 Å². The van der Waals surface area contributed by atoms with Crippen molar-refractivity contribution in [3.63, 3.8) is 0 Å². The van der Waals surface area contributed by atoms with Crippen molar-refractivity contribution < 1.29 is 13.2 Å². The SMILES string of the molecule is CNS(=O)(=O)c1cccc(NC(=O)c2c(C)n[nH]c2C)c1. The molecule has 21 heavy (non-hydrogen) atoms. The summed E-state index contributed by atoms with van der Waals surface area (Å²) in [6.45, 7) is 3.47. The molecule has 0 aliphatic rings. The third-order valence-electron chi connectivity index (χ3n) is 3.03. The second-order valence-corrected chi connectivity index (χ2v) is 6.39. The average molecular weight is 308 g/mol. The van der Waals surface area contributed by atoms with Crippen LogP contribution in [0.2, 0.25) is 0 Å². The molecular weight excluding hydrogens is 292 g/mol. The Morgan fingerprint density at radius 1 is 1.29 bits per heavy atom. The number of carbonyl (C=O) groups excluding carboxylic acids is 1. The van der Waals surface area contributed by atoms with Gasteiger partial charge in [0.2, 0.25) is 10.0 Å². The number of rotatable bonds is 4. The van der Waals surface area contributed by atoms with Crippen LogP contribution in [0.1, 0.15) is 21.7 Å². The molecule has 8 heteroatoms. The number of aryl methyl sites for hydroxylation is 2.